The molecule has 0 radical (unpaired) electrons. The fraction of sp³-hybridized carbons (Fsp3) is 0.333. The van der Waals surface area contributed by atoms with Crippen molar-refractivity contribution in [1.29, 1.82) is 0 Å². The summed E-state index contributed by atoms with van der Waals surface area (Å²) in [5, 5.41) is 18.5. The highest BCUT2D eigenvalue weighted by Crippen LogP contribution is 1.84. The van der Waals surface area contributed by atoms with Crippen molar-refractivity contribution in [2.24, 2.45) is 5.16 Å². The summed E-state index contributed by atoms with van der Waals surface area (Å²) in [5.74, 6) is -1.22. The third kappa shape index (κ3) is 1.92. The van der Waals surface area contributed by atoms with E-state index in [-0.39, 0.29) is 11.0 Å². The summed E-state index contributed by atoms with van der Waals surface area (Å²) in [6.07, 6.45) is 0. The van der Waals surface area contributed by atoms with E-state index in [9.17, 15) is 4.79 Å². The number of carboxylic acids is 1. The quantitative estimate of drug-likeness (QED) is 0.279. The Morgan fingerprint density at radius 2 is 2.25 bits per heavy atom. The van der Waals surface area contributed by atoms with Crippen LogP contribution >= 0.6 is 15.9 Å². The first-order valence-corrected chi connectivity index (χ1v) is 2.84. The number of rotatable bonds is 2. The second-order valence-corrected chi connectivity index (χ2v) is 1.55. The fourth-order valence-corrected chi connectivity index (χ4v) is 0.479. The van der Waals surface area contributed by atoms with Gasteiger partial charge in [0.15, 0.2) is 5.71 Å². The summed E-state index contributed by atoms with van der Waals surface area (Å²) >= 11 is 2.80. The van der Waals surface area contributed by atoms with E-state index in [0.717, 1.165) is 0 Å². The zero-order valence-electron chi connectivity index (χ0n) is 3.83. The lowest BCUT2D eigenvalue weighted by molar-refractivity contribution is -0.129. The molecule has 0 fully saturated rings. The molecule has 0 aliphatic rings. The van der Waals surface area contributed by atoms with E-state index in [4.69, 9.17) is 10.3 Å². The standard InChI is InChI=1S/C3H4BrNO3/c4-1-2(5-8)3(6)7/h8H,1H2,(H,6,7)/b5-2-. The van der Waals surface area contributed by atoms with E-state index in [1.54, 1.807) is 0 Å². The van der Waals surface area contributed by atoms with Gasteiger partial charge in [0.25, 0.3) is 0 Å². The molecular weight excluding hydrogens is 178 g/mol. The van der Waals surface area contributed by atoms with Crippen LogP contribution in [0.4, 0.5) is 0 Å². The molecule has 8 heavy (non-hydrogen) atoms. The molecule has 4 nitrogen and oxygen atoms in total. The van der Waals surface area contributed by atoms with Gasteiger partial charge in [0.05, 0.1) is 5.33 Å². The molecule has 0 heterocycles. The topological polar surface area (TPSA) is 69.9 Å². The van der Waals surface area contributed by atoms with Crippen molar-refractivity contribution in [2.75, 3.05) is 5.33 Å². The number of alkyl halides is 1. The Morgan fingerprint density at radius 1 is 1.75 bits per heavy atom. The molecule has 5 heteroatoms. The molecule has 0 spiro atoms. The third-order valence-corrected chi connectivity index (χ3v) is 1.03. The minimum Gasteiger partial charge on any atom is -0.477 e. The monoisotopic (exact) mass is 181 g/mol. The van der Waals surface area contributed by atoms with Crippen LogP contribution in [0.15, 0.2) is 5.16 Å². The van der Waals surface area contributed by atoms with E-state index < -0.39 is 5.97 Å². The van der Waals surface area contributed by atoms with Crippen molar-refractivity contribution in [3.8, 4) is 0 Å². The van der Waals surface area contributed by atoms with Gasteiger partial charge < -0.3 is 10.3 Å². The Morgan fingerprint density at radius 3 is 2.25 bits per heavy atom. The lowest BCUT2D eigenvalue weighted by Gasteiger charge is -1.86. The van der Waals surface area contributed by atoms with E-state index in [0.29, 0.717) is 0 Å². The summed E-state index contributed by atoms with van der Waals surface area (Å²) in [4.78, 5) is 9.84. The zero-order valence-corrected chi connectivity index (χ0v) is 5.42. The first-order valence-electron chi connectivity index (χ1n) is 1.72. The smallest absolute Gasteiger partial charge is 0.354 e. The van der Waals surface area contributed by atoms with Crippen molar-refractivity contribution in [3.63, 3.8) is 0 Å². The minimum atomic E-state index is -1.22. The molecule has 46 valence electrons. The summed E-state index contributed by atoms with van der Waals surface area (Å²) < 4.78 is 0. The highest BCUT2D eigenvalue weighted by molar-refractivity contribution is 9.09. The maximum Gasteiger partial charge on any atom is 0.354 e. The van der Waals surface area contributed by atoms with Crippen LogP contribution in [0.25, 0.3) is 0 Å². The predicted molar refractivity (Wildman–Crippen MR) is 30.7 cm³/mol. The molecule has 0 aromatic heterocycles. The van der Waals surface area contributed by atoms with E-state index in [1.165, 1.54) is 0 Å². The zero-order chi connectivity index (χ0) is 6.57. The first-order chi connectivity index (χ1) is 3.72. The summed E-state index contributed by atoms with van der Waals surface area (Å²) in [6.45, 7) is 0. The average molecular weight is 182 g/mol. The van der Waals surface area contributed by atoms with E-state index >= 15 is 0 Å². The molecule has 0 aliphatic heterocycles. The highest BCUT2D eigenvalue weighted by Gasteiger charge is 2.05. The molecule has 0 aromatic carbocycles. The largest absolute Gasteiger partial charge is 0.477 e. The van der Waals surface area contributed by atoms with Crippen LogP contribution in [0.5, 0.6) is 0 Å². The van der Waals surface area contributed by atoms with E-state index in [2.05, 4.69) is 21.1 Å². The lowest BCUT2D eigenvalue weighted by atomic mass is 10.4. The maximum absolute atomic E-state index is 9.84. The Bertz CT molecular complexity index is 122. The van der Waals surface area contributed by atoms with Crippen molar-refractivity contribution in [3.05, 3.63) is 0 Å². The molecule has 0 aromatic rings. The van der Waals surface area contributed by atoms with Gasteiger partial charge in [-0.1, -0.05) is 21.1 Å². The second kappa shape index (κ2) is 3.43. The van der Waals surface area contributed by atoms with Gasteiger partial charge in [0, 0.05) is 0 Å². The van der Waals surface area contributed by atoms with E-state index in [1.807, 2.05) is 0 Å². The molecule has 0 unspecified atom stereocenters. The molecule has 0 rings (SSSR count). The van der Waals surface area contributed by atoms with Crippen LogP contribution in [-0.4, -0.2) is 27.3 Å². The Hall–Kier alpha value is -0.580. The Kier molecular flexibility index (Phi) is 3.18. The number of halogens is 1. The Labute approximate surface area is 53.9 Å². The number of oxime groups is 1. The summed E-state index contributed by atoms with van der Waals surface area (Å²) in [6, 6.07) is 0. The van der Waals surface area contributed by atoms with Crippen molar-refractivity contribution < 1.29 is 15.1 Å². The molecule has 0 aliphatic carbocycles. The molecule has 0 bridgehead atoms. The molecule has 0 atom stereocenters. The van der Waals surface area contributed by atoms with Gasteiger partial charge in [0.1, 0.15) is 0 Å². The van der Waals surface area contributed by atoms with Gasteiger partial charge in [-0.2, -0.15) is 0 Å². The molecule has 0 saturated heterocycles. The molecule has 0 amide bonds. The SMILES string of the molecule is O=C(O)/C(CBr)=N\O. The van der Waals surface area contributed by atoms with Gasteiger partial charge in [-0.15, -0.1) is 0 Å². The molecule has 2 N–H and O–H groups in total. The van der Waals surface area contributed by atoms with Crippen LogP contribution in [0.3, 0.4) is 0 Å². The maximum atomic E-state index is 9.84. The van der Waals surface area contributed by atoms with Gasteiger partial charge in [-0.25, -0.2) is 4.79 Å². The number of carboxylic acid groups (broad SMARTS) is 1. The van der Waals surface area contributed by atoms with Crippen LogP contribution in [-0.2, 0) is 4.79 Å². The van der Waals surface area contributed by atoms with Gasteiger partial charge in [-0.05, 0) is 0 Å². The number of hydrogen-bond acceptors (Lipinski definition) is 3. The average Bonchev–Trinajstić information content (AvgIpc) is 1.69. The summed E-state index contributed by atoms with van der Waals surface area (Å²) in [5.41, 5.74) is -0.301. The predicted octanol–water partition coefficient (Wildman–Crippen LogP) is 0.296. The second-order valence-electron chi connectivity index (χ2n) is 0.985. The van der Waals surface area contributed by atoms with Crippen LogP contribution < -0.4 is 0 Å². The lowest BCUT2D eigenvalue weighted by Crippen LogP contribution is -2.13. The summed E-state index contributed by atoms with van der Waals surface area (Å²) in [7, 11) is 0. The highest BCUT2D eigenvalue weighted by atomic mass is 79.9. The number of aliphatic carboxylic acids is 1. The van der Waals surface area contributed by atoms with Crippen molar-refractivity contribution in [1.82, 2.24) is 0 Å². The van der Waals surface area contributed by atoms with Gasteiger partial charge in [0.2, 0.25) is 0 Å². The van der Waals surface area contributed by atoms with Crippen LogP contribution in [0.1, 0.15) is 0 Å². The molecule has 0 saturated carbocycles. The normalized spacial score (nSPS) is 11.4. The van der Waals surface area contributed by atoms with Crippen molar-refractivity contribution in [2.45, 2.75) is 0 Å². The molecular formula is C3H4BrNO3. The minimum absolute atomic E-state index is 0.0544. The number of carbonyl (C=O) groups is 1. The first kappa shape index (κ1) is 7.42. The van der Waals surface area contributed by atoms with Gasteiger partial charge in [-0.3, -0.25) is 0 Å². The third-order valence-electron chi connectivity index (χ3n) is 0.494. The fourth-order valence-electron chi connectivity index (χ4n) is 0.127. The Balaban J connectivity index is 3.92. The van der Waals surface area contributed by atoms with Crippen LogP contribution in [0.2, 0.25) is 0 Å². The van der Waals surface area contributed by atoms with Crippen molar-refractivity contribution >= 4 is 27.6 Å². The number of hydrogen-bond donors (Lipinski definition) is 2. The number of nitrogens with zero attached hydrogens (tertiary/aromatic N) is 1. The van der Waals surface area contributed by atoms with Gasteiger partial charge >= 0.3 is 5.97 Å². The van der Waals surface area contributed by atoms with Crippen LogP contribution in [0, 0.1) is 0 Å².